The molecular weight excluding hydrogens is 286 g/mol. The van der Waals surface area contributed by atoms with E-state index in [2.05, 4.69) is 11.4 Å². The average Bonchev–Trinajstić information content (AvgIpc) is 2.86. The summed E-state index contributed by atoms with van der Waals surface area (Å²) in [5.74, 6) is -0.966. The molecule has 0 radical (unpaired) electrons. The smallest absolute Gasteiger partial charge is 0.239 e. The molecule has 4 nitrogen and oxygen atoms in total. The van der Waals surface area contributed by atoms with Crippen LogP contribution in [0, 0.1) is 0 Å². The average molecular weight is 303 g/mol. The number of carbonyl (C=O) groups is 1. The van der Waals surface area contributed by atoms with E-state index in [0.717, 1.165) is 18.2 Å². The van der Waals surface area contributed by atoms with Crippen molar-refractivity contribution in [3.8, 4) is 0 Å². The van der Waals surface area contributed by atoms with E-state index in [1.165, 1.54) is 16.5 Å². The molecule has 0 bridgehead atoms. The minimum absolute atomic E-state index is 0.0236. The van der Waals surface area contributed by atoms with Crippen LogP contribution in [0.4, 0.5) is 5.69 Å². The SMILES string of the molecule is CCS(=O)(=O)CC(=O)Nc1ccc2c3c(cccc13)CC2. The molecule has 3 rings (SSSR count). The maximum Gasteiger partial charge on any atom is 0.239 e. The molecular formula is C16H17NO3S. The van der Waals surface area contributed by atoms with Gasteiger partial charge in [-0.25, -0.2) is 8.42 Å². The van der Waals surface area contributed by atoms with Crippen molar-refractivity contribution in [1.82, 2.24) is 0 Å². The fourth-order valence-electron chi connectivity index (χ4n) is 2.84. The molecule has 0 spiro atoms. The standard InChI is InChI=1S/C16H17NO3S/c1-2-21(19,20)10-15(18)17-14-9-8-12-7-6-11-4-3-5-13(14)16(11)12/h3-5,8-9H,2,6-7,10H2,1H3,(H,17,18). The lowest BCUT2D eigenvalue weighted by Gasteiger charge is -2.10. The molecule has 2 aromatic rings. The lowest BCUT2D eigenvalue weighted by molar-refractivity contribution is -0.113. The normalized spacial score (nSPS) is 13.6. The fourth-order valence-corrected chi connectivity index (χ4v) is 3.52. The van der Waals surface area contributed by atoms with Gasteiger partial charge < -0.3 is 5.32 Å². The molecule has 2 aromatic carbocycles. The zero-order valence-electron chi connectivity index (χ0n) is 11.8. The topological polar surface area (TPSA) is 63.2 Å². The number of anilines is 1. The molecule has 0 saturated carbocycles. The van der Waals surface area contributed by atoms with E-state index in [0.29, 0.717) is 5.69 Å². The summed E-state index contributed by atoms with van der Waals surface area (Å²) in [4.78, 5) is 11.9. The summed E-state index contributed by atoms with van der Waals surface area (Å²) in [6.07, 6.45) is 2.04. The quantitative estimate of drug-likeness (QED) is 0.942. The first-order valence-electron chi connectivity index (χ1n) is 7.04. The van der Waals surface area contributed by atoms with Crippen LogP contribution < -0.4 is 5.32 Å². The number of aryl methyl sites for hydroxylation is 2. The van der Waals surface area contributed by atoms with Gasteiger partial charge in [0.2, 0.25) is 5.91 Å². The lowest BCUT2D eigenvalue weighted by atomic mass is 10.0. The minimum Gasteiger partial charge on any atom is -0.325 e. The Balaban J connectivity index is 1.94. The van der Waals surface area contributed by atoms with Crippen molar-refractivity contribution >= 4 is 32.2 Å². The summed E-state index contributed by atoms with van der Waals surface area (Å²) >= 11 is 0. The van der Waals surface area contributed by atoms with Crippen molar-refractivity contribution in [2.45, 2.75) is 19.8 Å². The molecule has 0 saturated heterocycles. The number of hydrogen-bond donors (Lipinski definition) is 1. The van der Waals surface area contributed by atoms with Crippen molar-refractivity contribution < 1.29 is 13.2 Å². The van der Waals surface area contributed by atoms with Crippen molar-refractivity contribution in [3.63, 3.8) is 0 Å². The summed E-state index contributed by atoms with van der Waals surface area (Å²) < 4.78 is 23.0. The molecule has 1 N–H and O–H groups in total. The van der Waals surface area contributed by atoms with Gasteiger partial charge in [-0.2, -0.15) is 0 Å². The van der Waals surface area contributed by atoms with Gasteiger partial charge in [-0.3, -0.25) is 4.79 Å². The van der Waals surface area contributed by atoms with Crippen molar-refractivity contribution in [2.75, 3.05) is 16.8 Å². The highest BCUT2D eigenvalue weighted by molar-refractivity contribution is 7.92. The third kappa shape index (κ3) is 2.65. The second kappa shape index (κ2) is 5.15. The Hall–Kier alpha value is -1.88. The van der Waals surface area contributed by atoms with Gasteiger partial charge in [-0.15, -0.1) is 0 Å². The van der Waals surface area contributed by atoms with E-state index < -0.39 is 21.5 Å². The van der Waals surface area contributed by atoms with Crippen LogP contribution in [0.2, 0.25) is 0 Å². The number of carbonyl (C=O) groups excluding carboxylic acids is 1. The minimum atomic E-state index is -3.31. The Morgan fingerprint density at radius 3 is 2.57 bits per heavy atom. The van der Waals surface area contributed by atoms with Crippen LogP contribution in [-0.4, -0.2) is 25.8 Å². The summed E-state index contributed by atoms with van der Waals surface area (Å²) in [5, 5.41) is 4.93. The van der Waals surface area contributed by atoms with E-state index in [1.807, 2.05) is 24.3 Å². The fraction of sp³-hybridized carbons (Fsp3) is 0.312. The Bertz CT molecular complexity index is 815. The predicted molar refractivity (Wildman–Crippen MR) is 84.3 cm³/mol. The van der Waals surface area contributed by atoms with Gasteiger partial charge in [0.15, 0.2) is 9.84 Å². The maximum absolute atomic E-state index is 11.9. The molecule has 110 valence electrons. The highest BCUT2D eigenvalue weighted by atomic mass is 32.2. The van der Waals surface area contributed by atoms with Gasteiger partial charge in [0.05, 0.1) is 0 Å². The van der Waals surface area contributed by atoms with E-state index in [-0.39, 0.29) is 5.75 Å². The van der Waals surface area contributed by atoms with Crippen molar-refractivity contribution in [1.29, 1.82) is 0 Å². The van der Waals surface area contributed by atoms with Gasteiger partial charge in [0, 0.05) is 16.8 Å². The van der Waals surface area contributed by atoms with Gasteiger partial charge in [0.1, 0.15) is 5.75 Å². The van der Waals surface area contributed by atoms with Gasteiger partial charge in [-0.1, -0.05) is 31.2 Å². The summed E-state index contributed by atoms with van der Waals surface area (Å²) in [7, 11) is -3.31. The number of rotatable bonds is 4. The number of nitrogens with one attached hydrogen (secondary N) is 1. The van der Waals surface area contributed by atoms with Crippen LogP contribution in [-0.2, 0) is 27.5 Å². The zero-order chi connectivity index (χ0) is 15.0. The van der Waals surface area contributed by atoms with Crippen LogP contribution >= 0.6 is 0 Å². The number of hydrogen-bond acceptors (Lipinski definition) is 3. The molecule has 0 unspecified atom stereocenters. The van der Waals surface area contributed by atoms with Crippen molar-refractivity contribution in [2.24, 2.45) is 0 Å². The first kappa shape index (κ1) is 14.1. The van der Waals surface area contributed by atoms with E-state index in [4.69, 9.17) is 0 Å². The van der Waals surface area contributed by atoms with Crippen LogP contribution in [0.25, 0.3) is 10.8 Å². The number of amides is 1. The molecule has 1 aliphatic rings. The van der Waals surface area contributed by atoms with Crippen LogP contribution in [0.1, 0.15) is 18.1 Å². The third-order valence-electron chi connectivity index (χ3n) is 3.94. The zero-order valence-corrected chi connectivity index (χ0v) is 12.7. The number of benzene rings is 2. The highest BCUT2D eigenvalue weighted by Crippen LogP contribution is 2.34. The van der Waals surface area contributed by atoms with Gasteiger partial charge >= 0.3 is 0 Å². The van der Waals surface area contributed by atoms with E-state index in [1.54, 1.807) is 6.92 Å². The molecule has 0 atom stereocenters. The Labute approximate surface area is 124 Å². The summed E-state index contributed by atoms with van der Waals surface area (Å²) in [5.41, 5.74) is 3.27. The van der Waals surface area contributed by atoms with Crippen LogP contribution in [0.15, 0.2) is 30.3 Å². The lowest BCUT2D eigenvalue weighted by Crippen LogP contribution is -2.24. The van der Waals surface area contributed by atoms with E-state index in [9.17, 15) is 13.2 Å². The maximum atomic E-state index is 11.9. The molecule has 1 aliphatic carbocycles. The summed E-state index contributed by atoms with van der Waals surface area (Å²) in [6, 6.07) is 9.93. The highest BCUT2D eigenvalue weighted by Gasteiger charge is 2.18. The first-order valence-corrected chi connectivity index (χ1v) is 8.86. The largest absolute Gasteiger partial charge is 0.325 e. The Morgan fingerprint density at radius 2 is 1.86 bits per heavy atom. The molecule has 5 heteroatoms. The predicted octanol–water partition coefficient (Wildman–Crippen LogP) is 2.31. The van der Waals surface area contributed by atoms with Gasteiger partial charge in [0.25, 0.3) is 0 Å². The second-order valence-electron chi connectivity index (χ2n) is 5.34. The van der Waals surface area contributed by atoms with Crippen molar-refractivity contribution in [3.05, 3.63) is 41.5 Å². The summed E-state index contributed by atoms with van der Waals surface area (Å²) in [6.45, 7) is 1.54. The first-order chi connectivity index (χ1) is 10.00. The Kier molecular flexibility index (Phi) is 3.45. The molecule has 0 fully saturated rings. The van der Waals surface area contributed by atoms with Crippen LogP contribution in [0.5, 0.6) is 0 Å². The van der Waals surface area contributed by atoms with E-state index >= 15 is 0 Å². The van der Waals surface area contributed by atoms with Gasteiger partial charge in [-0.05, 0) is 35.4 Å². The third-order valence-corrected chi connectivity index (χ3v) is 5.52. The number of sulfone groups is 1. The Morgan fingerprint density at radius 1 is 1.14 bits per heavy atom. The molecule has 0 aromatic heterocycles. The second-order valence-corrected chi connectivity index (χ2v) is 7.69. The monoisotopic (exact) mass is 303 g/mol. The molecule has 0 heterocycles. The van der Waals surface area contributed by atoms with Crippen LogP contribution in [0.3, 0.4) is 0 Å². The molecule has 0 aliphatic heterocycles. The molecule has 1 amide bonds. The molecule has 21 heavy (non-hydrogen) atoms.